The second kappa shape index (κ2) is 8.39. The molecule has 0 bridgehead atoms. The number of benzene rings is 2. The number of nitrogens with one attached hydrogen (secondary N) is 1. The van der Waals surface area contributed by atoms with Crippen molar-refractivity contribution < 1.29 is 9.47 Å². The van der Waals surface area contributed by atoms with Gasteiger partial charge in [-0.2, -0.15) is 5.26 Å². The molecule has 0 aliphatic rings. The zero-order valence-electron chi connectivity index (χ0n) is 15.3. The highest BCUT2D eigenvalue weighted by Gasteiger charge is 2.10. The van der Waals surface area contributed by atoms with E-state index in [1.54, 1.807) is 26.5 Å². The number of ether oxygens (including phenoxy) is 2. The Hall–Kier alpha value is -3.30. The van der Waals surface area contributed by atoms with E-state index < -0.39 is 0 Å². The number of hydrogen-bond donors (Lipinski definition) is 1. The number of nitriles is 1. The van der Waals surface area contributed by atoms with Gasteiger partial charge in [0.2, 0.25) is 0 Å². The summed E-state index contributed by atoms with van der Waals surface area (Å²) in [6.45, 7) is 2.05. The van der Waals surface area contributed by atoms with Gasteiger partial charge in [0, 0.05) is 23.2 Å². The van der Waals surface area contributed by atoms with E-state index in [2.05, 4.69) is 16.4 Å². The third kappa shape index (κ3) is 4.27. The first-order valence-corrected chi connectivity index (χ1v) is 9.14. The van der Waals surface area contributed by atoms with Crippen LogP contribution in [0.4, 0.5) is 5.69 Å². The fourth-order valence-corrected chi connectivity index (χ4v) is 3.27. The summed E-state index contributed by atoms with van der Waals surface area (Å²) in [6, 6.07) is 15.8. The molecule has 1 N–H and O–H groups in total. The summed E-state index contributed by atoms with van der Waals surface area (Å²) in [7, 11) is 3.20. The van der Waals surface area contributed by atoms with Crippen LogP contribution in [0.3, 0.4) is 0 Å². The van der Waals surface area contributed by atoms with Crippen molar-refractivity contribution in [3.63, 3.8) is 0 Å². The molecule has 1 aromatic heterocycles. The summed E-state index contributed by atoms with van der Waals surface area (Å²) in [5.74, 6) is 1.35. The first-order valence-electron chi connectivity index (χ1n) is 8.26. The minimum atomic E-state index is 0.447. The predicted octanol–water partition coefficient (Wildman–Crippen LogP) is 5.11. The topological polar surface area (TPSA) is 67.2 Å². The predicted molar refractivity (Wildman–Crippen MR) is 109 cm³/mol. The van der Waals surface area contributed by atoms with Crippen LogP contribution in [0.25, 0.3) is 16.8 Å². The Morgan fingerprint density at radius 2 is 1.93 bits per heavy atom. The van der Waals surface area contributed by atoms with Crippen LogP contribution in [-0.2, 0) is 0 Å². The number of allylic oxidation sites excluding steroid dienone is 1. The van der Waals surface area contributed by atoms with Crippen molar-refractivity contribution in [1.29, 1.82) is 5.26 Å². The smallest absolute Gasteiger partial charge is 0.142 e. The molecule has 0 atom stereocenters. The lowest BCUT2D eigenvalue weighted by Crippen LogP contribution is -1.96. The van der Waals surface area contributed by atoms with Gasteiger partial charge in [-0.25, -0.2) is 4.98 Å². The van der Waals surface area contributed by atoms with Gasteiger partial charge in [-0.05, 0) is 19.1 Å². The summed E-state index contributed by atoms with van der Waals surface area (Å²) >= 11 is 1.44. The average Bonchev–Trinajstić information content (AvgIpc) is 3.18. The van der Waals surface area contributed by atoms with Crippen molar-refractivity contribution in [2.45, 2.75) is 6.92 Å². The standard InChI is InChI=1S/C21H19N3O2S/c1-14-4-6-15(7-5-14)19-13-27-21(24-19)16(11-22)12-23-18-10-17(25-2)8-9-20(18)26-3/h4-10,12-13,23H,1-3H3/b16-12+. The fourth-order valence-electron chi connectivity index (χ4n) is 2.47. The largest absolute Gasteiger partial charge is 0.497 e. The van der Waals surface area contributed by atoms with Crippen LogP contribution in [0.15, 0.2) is 54.0 Å². The Balaban J connectivity index is 1.86. The molecule has 0 unspecified atom stereocenters. The lowest BCUT2D eigenvalue weighted by Gasteiger charge is -2.10. The lowest BCUT2D eigenvalue weighted by atomic mass is 10.1. The Morgan fingerprint density at radius 1 is 1.15 bits per heavy atom. The summed E-state index contributed by atoms with van der Waals surface area (Å²) in [6.07, 6.45) is 1.63. The molecule has 6 heteroatoms. The summed E-state index contributed by atoms with van der Waals surface area (Å²) in [5.41, 5.74) is 4.24. The number of hydrogen-bond acceptors (Lipinski definition) is 6. The maximum absolute atomic E-state index is 9.55. The van der Waals surface area contributed by atoms with Gasteiger partial charge in [0.25, 0.3) is 0 Å². The van der Waals surface area contributed by atoms with Crippen molar-refractivity contribution >= 4 is 22.6 Å². The first-order chi connectivity index (χ1) is 13.1. The van der Waals surface area contributed by atoms with Gasteiger partial charge in [0.1, 0.15) is 28.1 Å². The maximum Gasteiger partial charge on any atom is 0.142 e. The quantitative estimate of drug-likeness (QED) is 0.605. The molecule has 0 saturated heterocycles. The third-order valence-electron chi connectivity index (χ3n) is 3.98. The Bertz CT molecular complexity index is 1000. The number of aryl methyl sites for hydroxylation is 1. The molecule has 0 radical (unpaired) electrons. The number of thiazole rings is 1. The number of rotatable bonds is 6. The molecule has 3 rings (SSSR count). The van der Waals surface area contributed by atoms with Crippen molar-refractivity contribution in [1.82, 2.24) is 4.98 Å². The SMILES string of the molecule is COc1ccc(OC)c(N/C=C(\C#N)c2nc(-c3ccc(C)cc3)cs2)c1. The first kappa shape index (κ1) is 18.5. The molecule has 0 amide bonds. The van der Waals surface area contributed by atoms with Gasteiger partial charge >= 0.3 is 0 Å². The molecule has 27 heavy (non-hydrogen) atoms. The molecule has 5 nitrogen and oxygen atoms in total. The van der Waals surface area contributed by atoms with E-state index >= 15 is 0 Å². The van der Waals surface area contributed by atoms with Crippen molar-refractivity contribution in [2.75, 3.05) is 19.5 Å². The van der Waals surface area contributed by atoms with Crippen LogP contribution in [-0.4, -0.2) is 19.2 Å². The molecule has 3 aromatic rings. The van der Waals surface area contributed by atoms with Gasteiger partial charge < -0.3 is 14.8 Å². The molecule has 0 aliphatic carbocycles. The highest BCUT2D eigenvalue weighted by Crippen LogP contribution is 2.30. The van der Waals surface area contributed by atoms with Gasteiger partial charge in [0.05, 0.1) is 25.6 Å². The minimum Gasteiger partial charge on any atom is -0.497 e. The van der Waals surface area contributed by atoms with E-state index in [1.165, 1.54) is 16.9 Å². The summed E-state index contributed by atoms with van der Waals surface area (Å²) < 4.78 is 10.6. The number of anilines is 1. The monoisotopic (exact) mass is 377 g/mol. The second-order valence-corrected chi connectivity index (χ2v) is 6.64. The molecule has 0 saturated carbocycles. The van der Waals surface area contributed by atoms with Crippen molar-refractivity contribution in [3.8, 4) is 28.8 Å². The van der Waals surface area contributed by atoms with E-state index in [-0.39, 0.29) is 0 Å². The molecule has 2 aromatic carbocycles. The van der Waals surface area contributed by atoms with Gasteiger partial charge in [-0.1, -0.05) is 29.8 Å². The van der Waals surface area contributed by atoms with Crippen molar-refractivity contribution in [2.24, 2.45) is 0 Å². The Morgan fingerprint density at radius 3 is 2.59 bits per heavy atom. The Labute approximate surface area is 162 Å². The average molecular weight is 377 g/mol. The van der Waals surface area contributed by atoms with Gasteiger partial charge in [-0.15, -0.1) is 11.3 Å². The minimum absolute atomic E-state index is 0.447. The second-order valence-electron chi connectivity index (χ2n) is 5.78. The lowest BCUT2D eigenvalue weighted by molar-refractivity contribution is 0.405. The molecule has 136 valence electrons. The van der Waals surface area contributed by atoms with Crippen molar-refractivity contribution in [3.05, 3.63) is 64.6 Å². The number of aromatic nitrogens is 1. The van der Waals surface area contributed by atoms with Crippen LogP contribution in [0.1, 0.15) is 10.6 Å². The van der Waals surface area contributed by atoms with Gasteiger partial charge in [0.15, 0.2) is 0 Å². The van der Waals surface area contributed by atoms with Crippen LogP contribution in [0.5, 0.6) is 11.5 Å². The van der Waals surface area contributed by atoms with E-state index in [0.29, 0.717) is 27.8 Å². The molecule has 1 heterocycles. The normalized spacial score (nSPS) is 11.0. The van der Waals surface area contributed by atoms with Crippen LogP contribution in [0.2, 0.25) is 0 Å². The van der Waals surface area contributed by atoms with Crippen LogP contribution < -0.4 is 14.8 Å². The van der Waals surface area contributed by atoms with E-state index in [1.807, 2.05) is 48.7 Å². The maximum atomic E-state index is 9.55. The van der Waals surface area contributed by atoms with E-state index in [4.69, 9.17) is 9.47 Å². The molecular formula is C21H19N3O2S. The number of methoxy groups -OCH3 is 2. The zero-order valence-corrected chi connectivity index (χ0v) is 16.1. The van der Waals surface area contributed by atoms with Crippen LogP contribution in [0, 0.1) is 18.3 Å². The molecule has 0 aliphatic heterocycles. The molecular weight excluding hydrogens is 358 g/mol. The molecule has 0 spiro atoms. The fraction of sp³-hybridized carbons (Fsp3) is 0.143. The van der Waals surface area contributed by atoms with E-state index in [9.17, 15) is 5.26 Å². The highest BCUT2D eigenvalue weighted by atomic mass is 32.1. The van der Waals surface area contributed by atoms with Crippen LogP contribution >= 0.6 is 11.3 Å². The third-order valence-corrected chi connectivity index (χ3v) is 4.86. The Kier molecular flexibility index (Phi) is 5.74. The van der Waals surface area contributed by atoms with Gasteiger partial charge in [-0.3, -0.25) is 0 Å². The summed E-state index contributed by atoms with van der Waals surface area (Å²) in [4.78, 5) is 4.60. The van der Waals surface area contributed by atoms with E-state index in [0.717, 1.165) is 11.3 Å². The summed E-state index contributed by atoms with van der Waals surface area (Å²) in [5, 5.41) is 15.3. The zero-order chi connectivity index (χ0) is 19.2. The molecule has 0 fully saturated rings. The highest BCUT2D eigenvalue weighted by molar-refractivity contribution is 7.11. The number of nitrogens with zero attached hydrogens (tertiary/aromatic N) is 2.